The number of nitrogens with zero attached hydrogens (tertiary/aromatic N) is 5. The maximum atomic E-state index is 13.6. The van der Waals surface area contributed by atoms with E-state index in [1.165, 1.54) is 30.3 Å². The Bertz CT molecular complexity index is 1530. The first-order valence-electron chi connectivity index (χ1n) is 13.0. The molecule has 2 aliphatic carbocycles. The highest BCUT2D eigenvalue weighted by Gasteiger charge is 2.60. The number of benzene rings is 1. The second kappa shape index (κ2) is 9.37. The standard InChI is InChI=1S/C29H29N5O4S/c1-28(2)19-12-13-29(28,3)25(16-19)30-31-27-33(18-23-7-5-15-38-23)26(35)24(39-27)17-22-6-4-14-32(22)20-8-10-21(11-9-20)34(36)37/h4-11,14-15,17,19H,12-13,16,18H2,1-3H3. The third kappa shape index (κ3) is 4.23. The largest absolute Gasteiger partial charge is 0.467 e. The predicted molar refractivity (Wildman–Crippen MR) is 151 cm³/mol. The first-order valence-corrected chi connectivity index (χ1v) is 13.8. The average Bonchev–Trinajstić information content (AvgIpc) is 3.72. The Labute approximate surface area is 230 Å². The summed E-state index contributed by atoms with van der Waals surface area (Å²) in [6.07, 6.45) is 8.55. The maximum Gasteiger partial charge on any atom is 0.269 e. The zero-order chi connectivity index (χ0) is 27.4. The summed E-state index contributed by atoms with van der Waals surface area (Å²) in [5.41, 5.74) is 2.88. The molecule has 3 aromatic rings. The average molecular weight is 544 g/mol. The van der Waals surface area contributed by atoms with Gasteiger partial charge in [-0.2, -0.15) is 5.10 Å². The van der Waals surface area contributed by atoms with Gasteiger partial charge in [0.05, 0.1) is 22.6 Å². The van der Waals surface area contributed by atoms with Crippen molar-refractivity contribution in [3.05, 3.63) is 87.5 Å². The summed E-state index contributed by atoms with van der Waals surface area (Å²) >= 11 is 1.30. The van der Waals surface area contributed by atoms with Crippen LogP contribution in [0.3, 0.4) is 0 Å². The molecule has 1 aromatic carbocycles. The molecule has 1 aliphatic heterocycles. The van der Waals surface area contributed by atoms with Gasteiger partial charge in [0.15, 0.2) is 5.17 Å². The number of aromatic nitrogens is 1. The third-order valence-corrected chi connectivity index (χ3v) is 9.95. The van der Waals surface area contributed by atoms with Crippen LogP contribution >= 0.6 is 11.8 Å². The van der Waals surface area contributed by atoms with Gasteiger partial charge >= 0.3 is 0 Å². The summed E-state index contributed by atoms with van der Waals surface area (Å²) in [4.78, 5) is 26.4. The van der Waals surface area contributed by atoms with Crippen molar-refractivity contribution in [2.45, 2.75) is 46.6 Å². The molecule has 10 heteroatoms. The van der Waals surface area contributed by atoms with Crippen LogP contribution in [-0.4, -0.2) is 31.2 Å². The van der Waals surface area contributed by atoms with Crippen molar-refractivity contribution < 1.29 is 14.1 Å². The fourth-order valence-corrected chi connectivity index (χ4v) is 6.99. The lowest BCUT2D eigenvalue weighted by Crippen LogP contribution is -2.32. The molecule has 2 unspecified atom stereocenters. The number of nitro groups is 1. The quantitative estimate of drug-likeness (QED) is 0.196. The van der Waals surface area contributed by atoms with Crippen LogP contribution in [0.1, 0.15) is 51.5 Å². The van der Waals surface area contributed by atoms with Crippen molar-refractivity contribution in [2.24, 2.45) is 27.0 Å². The Kier molecular flexibility index (Phi) is 6.10. The van der Waals surface area contributed by atoms with Crippen LogP contribution < -0.4 is 0 Å². The van der Waals surface area contributed by atoms with Crippen LogP contribution in [0.5, 0.6) is 0 Å². The molecule has 2 bridgehead atoms. The Morgan fingerprint density at radius 3 is 2.59 bits per heavy atom. The van der Waals surface area contributed by atoms with E-state index in [1.54, 1.807) is 29.4 Å². The van der Waals surface area contributed by atoms with Gasteiger partial charge in [-0.25, -0.2) is 0 Å². The molecule has 0 N–H and O–H groups in total. The Balaban J connectivity index is 1.33. The van der Waals surface area contributed by atoms with E-state index < -0.39 is 4.92 Å². The van der Waals surface area contributed by atoms with Gasteiger partial charge in [-0.3, -0.25) is 19.8 Å². The number of thioether (sulfide) groups is 1. The van der Waals surface area contributed by atoms with E-state index in [0.29, 0.717) is 21.8 Å². The highest BCUT2D eigenvalue weighted by Crippen LogP contribution is 2.64. The molecule has 3 heterocycles. The van der Waals surface area contributed by atoms with E-state index in [9.17, 15) is 14.9 Å². The number of amidine groups is 1. The Hall–Kier alpha value is -3.92. The highest BCUT2D eigenvalue weighted by atomic mass is 32.2. The molecule has 39 heavy (non-hydrogen) atoms. The van der Waals surface area contributed by atoms with Crippen molar-refractivity contribution in [1.29, 1.82) is 0 Å². The van der Waals surface area contributed by atoms with Gasteiger partial charge in [-0.15, -0.1) is 5.10 Å². The van der Waals surface area contributed by atoms with Crippen molar-refractivity contribution >= 4 is 40.3 Å². The maximum absolute atomic E-state index is 13.6. The molecule has 3 fully saturated rings. The summed E-state index contributed by atoms with van der Waals surface area (Å²) in [5, 5.41) is 21.0. The number of hydrogen-bond acceptors (Lipinski definition) is 7. The van der Waals surface area contributed by atoms with Gasteiger partial charge in [0.2, 0.25) is 0 Å². The van der Waals surface area contributed by atoms with Crippen LogP contribution in [0.2, 0.25) is 0 Å². The second-order valence-electron chi connectivity index (χ2n) is 11.1. The predicted octanol–water partition coefficient (Wildman–Crippen LogP) is 6.65. The van der Waals surface area contributed by atoms with Gasteiger partial charge in [-0.1, -0.05) is 20.8 Å². The summed E-state index contributed by atoms with van der Waals surface area (Å²) < 4.78 is 7.42. The van der Waals surface area contributed by atoms with E-state index in [-0.39, 0.29) is 29.0 Å². The minimum Gasteiger partial charge on any atom is -0.467 e. The first kappa shape index (κ1) is 25.4. The Morgan fingerprint density at radius 1 is 1.15 bits per heavy atom. The van der Waals surface area contributed by atoms with Crippen molar-refractivity contribution in [3.8, 4) is 5.69 Å². The molecule has 1 saturated heterocycles. The fourth-order valence-electron chi connectivity index (χ4n) is 6.08. The number of carbonyl (C=O) groups is 1. The summed E-state index contributed by atoms with van der Waals surface area (Å²) in [7, 11) is 0. The van der Waals surface area contributed by atoms with E-state index >= 15 is 0 Å². The molecule has 200 valence electrons. The van der Waals surface area contributed by atoms with Crippen molar-refractivity contribution in [1.82, 2.24) is 9.47 Å². The topological polar surface area (TPSA) is 106 Å². The normalized spacial score (nSPS) is 26.9. The number of carbonyl (C=O) groups excluding carboxylic acids is 1. The molecule has 2 atom stereocenters. The minimum atomic E-state index is -0.425. The van der Waals surface area contributed by atoms with Gasteiger partial charge < -0.3 is 8.98 Å². The highest BCUT2D eigenvalue weighted by molar-refractivity contribution is 8.18. The van der Waals surface area contributed by atoms with E-state index in [1.807, 2.05) is 35.0 Å². The van der Waals surface area contributed by atoms with Crippen LogP contribution in [0, 0.1) is 26.9 Å². The van der Waals surface area contributed by atoms with Crippen LogP contribution in [0.15, 0.2) is 80.5 Å². The van der Waals surface area contributed by atoms with Gasteiger partial charge in [-0.05, 0) is 84.8 Å². The lowest BCUT2D eigenvalue weighted by molar-refractivity contribution is -0.384. The molecular formula is C29H29N5O4S. The van der Waals surface area contributed by atoms with E-state index in [0.717, 1.165) is 29.9 Å². The van der Waals surface area contributed by atoms with Crippen molar-refractivity contribution in [3.63, 3.8) is 0 Å². The van der Waals surface area contributed by atoms with Crippen molar-refractivity contribution in [2.75, 3.05) is 0 Å². The summed E-state index contributed by atoms with van der Waals surface area (Å²) in [5.74, 6) is 1.10. The number of nitro benzene ring substituents is 1. The third-order valence-electron chi connectivity index (χ3n) is 8.95. The first-order chi connectivity index (χ1) is 18.7. The van der Waals surface area contributed by atoms with Crippen LogP contribution in [-0.2, 0) is 11.3 Å². The Morgan fingerprint density at radius 2 is 1.95 bits per heavy atom. The number of fused-ring (bicyclic) bond motifs is 2. The molecular weight excluding hydrogens is 514 g/mol. The van der Waals surface area contributed by atoms with Gasteiger partial charge in [0, 0.05) is 40.8 Å². The monoisotopic (exact) mass is 543 g/mol. The SMILES string of the molecule is CC12CCC(CC1=NN=C1SC(=Cc3cccn3-c3ccc([N+](=O)[O-])cc3)C(=O)N1Cc1ccco1)C2(C)C. The number of hydrogen-bond donors (Lipinski definition) is 0. The van der Waals surface area contributed by atoms with E-state index in [4.69, 9.17) is 9.52 Å². The van der Waals surface area contributed by atoms with Crippen LogP contribution in [0.4, 0.5) is 5.69 Å². The smallest absolute Gasteiger partial charge is 0.269 e. The molecule has 1 amide bonds. The summed E-state index contributed by atoms with van der Waals surface area (Å²) in [6.45, 7) is 7.22. The number of rotatable bonds is 6. The van der Waals surface area contributed by atoms with Crippen LogP contribution in [0.25, 0.3) is 11.8 Å². The molecule has 6 rings (SSSR count). The van der Waals surface area contributed by atoms with Gasteiger partial charge in [0.1, 0.15) is 5.76 Å². The zero-order valence-electron chi connectivity index (χ0n) is 22.0. The molecule has 2 aromatic heterocycles. The lowest BCUT2D eigenvalue weighted by Gasteiger charge is -2.34. The lowest BCUT2D eigenvalue weighted by atomic mass is 9.70. The molecule has 0 radical (unpaired) electrons. The second-order valence-corrected chi connectivity index (χ2v) is 12.1. The van der Waals surface area contributed by atoms with E-state index in [2.05, 4.69) is 25.9 Å². The molecule has 0 spiro atoms. The zero-order valence-corrected chi connectivity index (χ0v) is 22.9. The number of amides is 1. The number of furan rings is 1. The fraction of sp³-hybridized carbons (Fsp3) is 0.345. The molecule has 9 nitrogen and oxygen atoms in total. The summed E-state index contributed by atoms with van der Waals surface area (Å²) in [6, 6.07) is 13.7. The minimum absolute atomic E-state index is 0.0190. The number of non-ortho nitro benzene ring substituents is 1. The molecule has 2 saturated carbocycles. The van der Waals surface area contributed by atoms with Gasteiger partial charge in [0.25, 0.3) is 11.6 Å². The molecule has 3 aliphatic rings.